The third kappa shape index (κ3) is 1.80. The van der Waals surface area contributed by atoms with Crippen LogP contribution in [0.3, 0.4) is 0 Å². The lowest BCUT2D eigenvalue weighted by Crippen LogP contribution is -2.38. The molecule has 0 bridgehead atoms. The van der Waals surface area contributed by atoms with Crippen molar-refractivity contribution >= 4 is 11.6 Å². The predicted molar refractivity (Wildman–Crippen MR) is 57.5 cm³/mol. The third-order valence-corrected chi connectivity index (χ3v) is 2.59. The topological polar surface area (TPSA) is 55.6 Å². The first-order chi connectivity index (χ1) is 7.22. The van der Waals surface area contributed by atoms with E-state index in [4.69, 9.17) is 10.5 Å². The van der Waals surface area contributed by atoms with Crippen LogP contribution in [0.25, 0.3) is 0 Å². The number of ether oxygens (including phenoxy) is 1. The molecule has 0 saturated carbocycles. The summed E-state index contributed by atoms with van der Waals surface area (Å²) in [6.45, 7) is 1.05. The summed E-state index contributed by atoms with van der Waals surface area (Å²) in [6, 6.07) is 5.49. The van der Waals surface area contributed by atoms with Crippen LogP contribution in [0.4, 0.5) is 5.69 Å². The molecule has 0 atom stereocenters. The summed E-state index contributed by atoms with van der Waals surface area (Å²) in [5, 5.41) is 0. The maximum Gasteiger partial charge on any atom is 0.256 e. The normalized spacial score (nSPS) is 15.3. The van der Waals surface area contributed by atoms with E-state index in [-0.39, 0.29) is 5.91 Å². The molecule has 0 radical (unpaired) electrons. The highest BCUT2D eigenvalue weighted by molar-refractivity contribution is 5.97. The molecular formula is C11H14N2O2. The molecule has 0 aromatic heterocycles. The minimum absolute atomic E-state index is 0.00500. The van der Waals surface area contributed by atoms with Gasteiger partial charge in [0.25, 0.3) is 5.91 Å². The van der Waals surface area contributed by atoms with Gasteiger partial charge in [-0.1, -0.05) is 6.07 Å². The van der Waals surface area contributed by atoms with Crippen LogP contribution in [-0.2, 0) is 11.2 Å². The van der Waals surface area contributed by atoms with Gasteiger partial charge in [-0.25, -0.2) is 0 Å². The Morgan fingerprint density at radius 3 is 3.07 bits per heavy atom. The van der Waals surface area contributed by atoms with Gasteiger partial charge >= 0.3 is 0 Å². The Labute approximate surface area is 88.6 Å². The van der Waals surface area contributed by atoms with Crippen LogP contribution >= 0.6 is 0 Å². The molecule has 2 rings (SSSR count). The molecule has 1 amide bonds. The number of nitrogens with zero attached hydrogens (tertiary/aromatic N) is 1. The molecule has 0 aliphatic carbocycles. The van der Waals surface area contributed by atoms with Crippen molar-refractivity contribution in [3.8, 4) is 0 Å². The van der Waals surface area contributed by atoms with E-state index < -0.39 is 0 Å². The van der Waals surface area contributed by atoms with Gasteiger partial charge in [-0.3, -0.25) is 4.79 Å². The van der Waals surface area contributed by atoms with E-state index in [1.54, 1.807) is 18.1 Å². The SMILES string of the molecule is COCN1CCc2ccc(N)cc2C1=O. The third-order valence-electron chi connectivity index (χ3n) is 2.59. The summed E-state index contributed by atoms with van der Waals surface area (Å²) in [4.78, 5) is 13.6. The first-order valence-corrected chi connectivity index (χ1v) is 4.89. The first kappa shape index (κ1) is 9.98. The predicted octanol–water partition coefficient (Wildman–Crippen LogP) is 0.871. The molecule has 0 spiro atoms. The second-order valence-corrected chi connectivity index (χ2v) is 3.65. The van der Waals surface area contributed by atoms with Crippen LogP contribution in [0, 0.1) is 0 Å². The highest BCUT2D eigenvalue weighted by atomic mass is 16.5. The number of carbonyl (C=O) groups is 1. The number of hydrogen-bond donors (Lipinski definition) is 1. The number of nitrogens with two attached hydrogens (primary N) is 1. The number of rotatable bonds is 2. The van der Waals surface area contributed by atoms with Gasteiger partial charge < -0.3 is 15.4 Å². The van der Waals surface area contributed by atoms with Crippen molar-refractivity contribution in [2.45, 2.75) is 6.42 Å². The molecule has 15 heavy (non-hydrogen) atoms. The summed E-state index contributed by atoms with van der Waals surface area (Å²) in [5.41, 5.74) is 8.07. The molecule has 1 aliphatic heterocycles. The summed E-state index contributed by atoms with van der Waals surface area (Å²) in [6.07, 6.45) is 0.866. The number of methoxy groups -OCH3 is 1. The first-order valence-electron chi connectivity index (χ1n) is 4.89. The van der Waals surface area contributed by atoms with Gasteiger partial charge in [0.15, 0.2) is 0 Å². The van der Waals surface area contributed by atoms with Gasteiger partial charge in [0.05, 0.1) is 0 Å². The largest absolute Gasteiger partial charge is 0.399 e. The highest BCUT2D eigenvalue weighted by Gasteiger charge is 2.23. The van der Waals surface area contributed by atoms with Crippen molar-refractivity contribution in [1.29, 1.82) is 0 Å². The maximum absolute atomic E-state index is 11.9. The van der Waals surface area contributed by atoms with Gasteiger partial charge in [0, 0.05) is 24.9 Å². The monoisotopic (exact) mass is 206 g/mol. The molecule has 1 aromatic carbocycles. The van der Waals surface area contributed by atoms with Crippen LogP contribution in [0.1, 0.15) is 15.9 Å². The molecule has 0 saturated heterocycles. The van der Waals surface area contributed by atoms with Crippen LogP contribution in [0.5, 0.6) is 0 Å². The van der Waals surface area contributed by atoms with Crippen molar-refractivity contribution < 1.29 is 9.53 Å². The van der Waals surface area contributed by atoms with E-state index in [1.165, 1.54) is 0 Å². The van der Waals surface area contributed by atoms with Gasteiger partial charge in [-0.2, -0.15) is 0 Å². The highest BCUT2D eigenvalue weighted by Crippen LogP contribution is 2.21. The van der Waals surface area contributed by atoms with E-state index in [0.29, 0.717) is 24.5 Å². The number of benzene rings is 1. The van der Waals surface area contributed by atoms with Gasteiger partial charge in [-0.05, 0) is 24.1 Å². The second-order valence-electron chi connectivity index (χ2n) is 3.65. The van der Waals surface area contributed by atoms with E-state index >= 15 is 0 Å². The van der Waals surface area contributed by atoms with Crippen LogP contribution in [-0.4, -0.2) is 31.2 Å². The average Bonchev–Trinajstić information content (AvgIpc) is 2.23. The lowest BCUT2D eigenvalue weighted by molar-refractivity contribution is 0.0399. The summed E-state index contributed by atoms with van der Waals surface area (Å²) >= 11 is 0. The number of carbonyl (C=O) groups excluding carboxylic acids is 1. The zero-order chi connectivity index (χ0) is 10.8. The van der Waals surface area contributed by atoms with E-state index in [0.717, 1.165) is 12.0 Å². The Morgan fingerprint density at radius 1 is 1.53 bits per heavy atom. The van der Waals surface area contributed by atoms with Crippen LogP contribution in [0.2, 0.25) is 0 Å². The fourth-order valence-corrected chi connectivity index (χ4v) is 1.82. The number of amides is 1. The van der Waals surface area contributed by atoms with Crippen molar-refractivity contribution in [2.24, 2.45) is 0 Å². The second kappa shape index (κ2) is 3.90. The fourth-order valence-electron chi connectivity index (χ4n) is 1.82. The lowest BCUT2D eigenvalue weighted by atomic mass is 9.99. The summed E-state index contributed by atoms with van der Waals surface area (Å²) in [5.74, 6) is 0.00500. The van der Waals surface area contributed by atoms with Crippen molar-refractivity contribution in [3.63, 3.8) is 0 Å². The zero-order valence-corrected chi connectivity index (χ0v) is 8.69. The van der Waals surface area contributed by atoms with Gasteiger partial charge in [0.2, 0.25) is 0 Å². The van der Waals surface area contributed by atoms with Crippen LogP contribution < -0.4 is 5.73 Å². The Bertz CT molecular complexity index is 390. The molecule has 1 heterocycles. The summed E-state index contributed by atoms with van der Waals surface area (Å²) < 4.78 is 4.97. The van der Waals surface area contributed by atoms with Gasteiger partial charge in [-0.15, -0.1) is 0 Å². The molecular weight excluding hydrogens is 192 g/mol. The van der Waals surface area contributed by atoms with E-state index in [2.05, 4.69) is 0 Å². The quantitative estimate of drug-likeness (QED) is 0.730. The Hall–Kier alpha value is -1.55. The maximum atomic E-state index is 11.9. The molecule has 1 aromatic rings. The van der Waals surface area contributed by atoms with Crippen LogP contribution in [0.15, 0.2) is 18.2 Å². The van der Waals surface area contributed by atoms with E-state index in [1.807, 2.05) is 12.1 Å². The minimum atomic E-state index is 0.00500. The molecule has 1 aliphatic rings. The molecule has 0 unspecified atom stereocenters. The molecule has 0 fully saturated rings. The smallest absolute Gasteiger partial charge is 0.256 e. The van der Waals surface area contributed by atoms with Crippen molar-refractivity contribution in [3.05, 3.63) is 29.3 Å². The molecule has 4 nitrogen and oxygen atoms in total. The van der Waals surface area contributed by atoms with Crippen molar-refractivity contribution in [2.75, 3.05) is 26.1 Å². The lowest BCUT2D eigenvalue weighted by Gasteiger charge is -2.27. The minimum Gasteiger partial charge on any atom is -0.399 e. The average molecular weight is 206 g/mol. The Morgan fingerprint density at radius 2 is 2.33 bits per heavy atom. The summed E-state index contributed by atoms with van der Waals surface area (Å²) in [7, 11) is 1.59. The van der Waals surface area contributed by atoms with Gasteiger partial charge in [0.1, 0.15) is 6.73 Å². The zero-order valence-electron chi connectivity index (χ0n) is 8.69. The number of fused-ring (bicyclic) bond motifs is 1. The molecule has 2 N–H and O–H groups in total. The van der Waals surface area contributed by atoms with Crippen molar-refractivity contribution in [1.82, 2.24) is 4.90 Å². The number of nitrogen functional groups attached to an aromatic ring is 1. The Balaban J connectivity index is 2.32. The fraction of sp³-hybridized carbons (Fsp3) is 0.364. The van der Waals surface area contributed by atoms with E-state index in [9.17, 15) is 4.79 Å². The number of hydrogen-bond acceptors (Lipinski definition) is 3. The standard InChI is InChI=1S/C11H14N2O2/c1-15-7-13-5-4-8-2-3-9(12)6-10(8)11(13)14/h2-3,6H,4-5,7,12H2,1H3. The molecule has 80 valence electrons. The Kier molecular flexibility index (Phi) is 2.60. The molecule has 4 heteroatoms. The number of anilines is 1.